The molecule has 0 aliphatic carbocycles. The van der Waals surface area contributed by atoms with Crippen LogP contribution in [0.1, 0.15) is 12.5 Å². The summed E-state index contributed by atoms with van der Waals surface area (Å²) in [7, 11) is 0. The molecule has 29 heavy (non-hydrogen) atoms. The summed E-state index contributed by atoms with van der Waals surface area (Å²) in [6.07, 6.45) is 0.857. The van der Waals surface area contributed by atoms with E-state index in [9.17, 15) is 14.4 Å². The third-order valence-corrected chi connectivity index (χ3v) is 5.24. The summed E-state index contributed by atoms with van der Waals surface area (Å²) in [5.74, 6) is -1.30. The molecular formula is C20H18ClN5O3. The van der Waals surface area contributed by atoms with Gasteiger partial charge in [-0.05, 0) is 36.2 Å². The van der Waals surface area contributed by atoms with Gasteiger partial charge in [-0.3, -0.25) is 19.4 Å². The summed E-state index contributed by atoms with van der Waals surface area (Å²) in [6, 6.07) is 12.2. The van der Waals surface area contributed by atoms with Gasteiger partial charge in [-0.25, -0.2) is 4.90 Å². The Kier molecular flexibility index (Phi) is 5.02. The number of halogens is 1. The predicted octanol–water partition coefficient (Wildman–Crippen LogP) is 2.83. The number of benzene rings is 2. The minimum atomic E-state index is -0.943. The third-order valence-electron chi connectivity index (χ3n) is 4.91. The van der Waals surface area contributed by atoms with Crippen LogP contribution in [-0.4, -0.2) is 41.4 Å². The van der Waals surface area contributed by atoms with E-state index in [4.69, 9.17) is 11.6 Å². The number of hydrogen-bond donors (Lipinski definition) is 1. The Hall–Kier alpha value is -3.26. The molecule has 0 bridgehead atoms. The van der Waals surface area contributed by atoms with Crippen molar-refractivity contribution in [3.63, 3.8) is 0 Å². The van der Waals surface area contributed by atoms with Gasteiger partial charge in [0.2, 0.25) is 5.91 Å². The maximum atomic E-state index is 12.9. The molecule has 0 unspecified atom stereocenters. The SMILES string of the molecule is CCc1ccc(N2C(=O)[C@@H]3[C@@H](N=NN3CC(=O)Nc3ccccc3Cl)C2=O)cc1. The lowest BCUT2D eigenvalue weighted by atomic mass is 10.1. The zero-order chi connectivity index (χ0) is 20.5. The van der Waals surface area contributed by atoms with Crippen molar-refractivity contribution in [3.8, 4) is 0 Å². The van der Waals surface area contributed by atoms with Crippen LogP contribution in [0.25, 0.3) is 0 Å². The molecule has 2 aliphatic heterocycles. The molecule has 9 heteroatoms. The molecule has 148 valence electrons. The summed E-state index contributed by atoms with van der Waals surface area (Å²) in [6.45, 7) is 1.80. The van der Waals surface area contributed by atoms with Crippen LogP contribution in [-0.2, 0) is 20.8 Å². The molecular weight excluding hydrogens is 394 g/mol. The van der Waals surface area contributed by atoms with E-state index >= 15 is 0 Å². The maximum Gasteiger partial charge on any atom is 0.263 e. The van der Waals surface area contributed by atoms with Crippen molar-refractivity contribution in [3.05, 3.63) is 59.1 Å². The van der Waals surface area contributed by atoms with Crippen molar-refractivity contribution in [2.75, 3.05) is 16.8 Å². The van der Waals surface area contributed by atoms with Crippen LogP contribution < -0.4 is 10.2 Å². The van der Waals surface area contributed by atoms with Crippen LogP contribution in [0.2, 0.25) is 5.02 Å². The highest BCUT2D eigenvalue weighted by atomic mass is 35.5. The first-order chi connectivity index (χ1) is 14.0. The van der Waals surface area contributed by atoms with Gasteiger partial charge in [0.25, 0.3) is 11.8 Å². The number of rotatable bonds is 5. The predicted molar refractivity (Wildman–Crippen MR) is 108 cm³/mol. The highest BCUT2D eigenvalue weighted by Gasteiger charge is 2.55. The average molecular weight is 412 g/mol. The van der Waals surface area contributed by atoms with E-state index in [2.05, 4.69) is 15.7 Å². The number of imide groups is 1. The number of carbonyl (C=O) groups is 3. The van der Waals surface area contributed by atoms with Gasteiger partial charge in [-0.2, -0.15) is 5.11 Å². The van der Waals surface area contributed by atoms with E-state index < -0.39 is 29.8 Å². The number of hydrogen-bond acceptors (Lipinski definition) is 6. The highest BCUT2D eigenvalue weighted by molar-refractivity contribution is 6.33. The van der Waals surface area contributed by atoms with Crippen LogP contribution in [0, 0.1) is 0 Å². The lowest BCUT2D eigenvalue weighted by Gasteiger charge is -2.20. The number of aryl methyl sites for hydroxylation is 1. The second-order valence-electron chi connectivity index (χ2n) is 6.75. The van der Waals surface area contributed by atoms with Gasteiger partial charge in [0, 0.05) is 0 Å². The monoisotopic (exact) mass is 411 g/mol. The molecule has 0 radical (unpaired) electrons. The van der Waals surface area contributed by atoms with Crippen molar-refractivity contribution < 1.29 is 14.4 Å². The van der Waals surface area contributed by atoms with Gasteiger partial charge in [0.05, 0.1) is 16.4 Å². The van der Waals surface area contributed by atoms with Crippen LogP contribution in [0.15, 0.2) is 58.9 Å². The Balaban J connectivity index is 1.49. The fraction of sp³-hybridized carbons (Fsp3) is 0.250. The van der Waals surface area contributed by atoms with Gasteiger partial charge in [-0.15, -0.1) is 0 Å². The molecule has 3 amide bonds. The van der Waals surface area contributed by atoms with Gasteiger partial charge < -0.3 is 5.32 Å². The second kappa shape index (κ2) is 7.63. The van der Waals surface area contributed by atoms with E-state index in [1.54, 1.807) is 36.4 Å². The number of nitrogens with one attached hydrogen (secondary N) is 1. The number of amides is 3. The average Bonchev–Trinajstić information content (AvgIpc) is 3.23. The standard InChI is InChI=1S/C20H18ClN5O3/c1-2-12-7-9-13(10-8-12)26-19(28)17-18(20(26)29)25(24-23-17)11-16(27)22-15-6-4-3-5-14(15)21/h3-10,17-18H,2,11H2,1H3,(H,22,27)/t17-,18+/m1/s1. The molecule has 0 spiro atoms. The number of fused-ring (bicyclic) bond motifs is 1. The van der Waals surface area contributed by atoms with Crippen molar-refractivity contribution in [2.45, 2.75) is 25.4 Å². The Labute approximate surface area is 172 Å². The molecule has 1 N–H and O–H groups in total. The van der Waals surface area contributed by atoms with Crippen molar-refractivity contribution in [2.24, 2.45) is 10.3 Å². The van der Waals surface area contributed by atoms with Crippen LogP contribution in [0.3, 0.4) is 0 Å². The maximum absolute atomic E-state index is 12.9. The van der Waals surface area contributed by atoms with E-state index in [-0.39, 0.29) is 6.54 Å². The van der Waals surface area contributed by atoms with Gasteiger partial charge in [0.15, 0.2) is 12.1 Å². The molecule has 2 aliphatic rings. The minimum Gasteiger partial charge on any atom is -0.323 e. The quantitative estimate of drug-likeness (QED) is 0.765. The smallest absolute Gasteiger partial charge is 0.263 e. The largest absolute Gasteiger partial charge is 0.323 e. The molecule has 2 aromatic carbocycles. The topological polar surface area (TPSA) is 94.4 Å². The minimum absolute atomic E-state index is 0.225. The molecule has 1 fully saturated rings. The van der Waals surface area contributed by atoms with E-state index in [0.717, 1.165) is 16.9 Å². The van der Waals surface area contributed by atoms with Crippen molar-refractivity contribution in [1.29, 1.82) is 0 Å². The molecule has 2 atom stereocenters. The number of anilines is 2. The van der Waals surface area contributed by atoms with Gasteiger partial charge in [0.1, 0.15) is 6.54 Å². The number of carbonyl (C=O) groups excluding carboxylic acids is 3. The van der Waals surface area contributed by atoms with Crippen LogP contribution >= 0.6 is 11.6 Å². The fourth-order valence-electron chi connectivity index (χ4n) is 3.39. The number of nitrogens with zero attached hydrogens (tertiary/aromatic N) is 4. The summed E-state index contributed by atoms with van der Waals surface area (Å²) in [5.41, 5.74) is 2.05. The van der Waals surface area contributed by atoms with E-state index in [1.807, 2.05) is 19.1 Å². The molecule has 1 saturated heterocycles. The Morgan fingerprint density at radius 3 is 2.52 bits per heavy atom. The van der Waals surface area contributed by atoms with E-state index in [1.165, 1.54) is 5.01 Å². The normalized spacial score (nSPS) is 20.3. The van der Waals surface area contributed by atoms with Crippen LogP contribution in [0.4, 0.5) is 11.4 Å². The highest BCUT2D eigenvalue weighted by Crippen LogP contribution is 2.32. The lowest BCUT2D eigenvalue weighted by molar-refractivity contribution is -0.123. The molecule has 0 saturated carbocycles. The first kappa shape index (κ1) is 19.1. The first-order valence-corrected chi connectivity index (χ1v) is 9.56. The molecule has 8 nitrogen and oxygen atoms in total. The van der Waals surface area contributed by atoms with Crippen molar-refractivity contribution in [1.82, 2.24) is 5.01 Å². The molecule has 4 rings (SSSR count). The van der Waals surface area contributed by atoms with Crippen LogP contribution in [0.5, 0.6) is 0 Å². The fourth-order valence-corrected chi connectivity index (χ4v) is 3.57. The molecule has 2 aromatic rings. The van der Waals surface area contributed by atoms with Crippen molar-refractivity contribution >= 4 is 40.7 Å². The molecule has 2 heterocycles. The summed E-state index contributed by atoms with van der Waals surface area (Å²) < 4.78 is 0. The molecule has 0 aromatic heterocycles. The summed E-state index contributed by atoms with van der Waals surface area (Å²) in [5, 5.41) is 12.1. The second-order valence-corrected chi connectivity index (χ2v) is 7.16. The van der Waals surface area contributed by atoms with Gasteiger partial charge >= 0.3 is 0 Å². The third kappa shape index (κ3) is 3.47. The zero-order valence-electron chi connectivity index (χ0n) is 15.6. The lowest BCUT2D eigenvalue weighted by Crippen LogP contribution is -2.43. The van der Waals surface area contributed by atoms with E-state index in [0.29, 0.717) is 16.4 Å². The summed E-state index contributed by atoms with van der Waals surface area (Å²) >= 11 is 6.05. The first-order valence-electron chi connectivity index (χ1n) is 9.18. The Morgan fingerprint density at radius 2 is 1.83 bits per heavy atom. The zero-order valence-corrected chi connectivity index (χ0v) is 16.3. The Morgan fingerprint density at radius 1 is 1.10 bits per heavy atom. The number of para-hydroxylation sites is 1. The Bertz CT molecular complexity index is 1010. The van der Waals surface area contributed by atoms with Gasteiger partial charge in [-0.1, -0.05) is 48.0 Å². The summed E-state index contributed by atoms with van der Waals surface area (Å²) in [4.78, 5) is 39.2.